The van der Waals surface area contributed by atoms with E-state index in [0.717, 1.165) is 5.56 Å². The van der Waals surface area contributed by atoms with Crippen molar-refractivity contribution >= 4 is 23.6 Å². The predicted molar refractivity (Wildman–Crippen MR) is 130 cm³/mol. The van der Waals surface area contributed by atoms with Crippen molar-refractivity contribution in [1.29, 1.82) is 0 Å². The number of para-hydroxylation sites is 1. The van der Waals surface area contributed by atoms with Gasteiger partial charge in [0.15, 0.2) is 0 Å². The number of hydrogen-bond donors (Lipinski definition) is 2. The lowest BCUT2D eigenvalue weighted by molar-refractivity contribution is -0.123. The third kappa shape index (κ3) is 7.21. The highest BCUT2D eigenvalue weighted by Crippen LogP contribution is 2.20. The van der Waals surface area contributed by atoms with E-state index in [-0.39, 0.29) is 24.2 Å². The Morgan fingerprint density at radius 1 is 1.12 bits per heavy atom. The molecule has 0 saturated heterocycles. The number of pyridine rings is 1. The summed E-state index contributed by atoms with van der Waals surface area (Å²) in [6, 6.07) is 15.2. The van der Waals surface area contributed by atoms with Gasteiger partial charge in [0.05, 0.1) is 12.7 Å². The van der Waals surface area contributed by atoms with E-state index < -0.39 is 6.04 Å². The molecule has 3 aromatic rings. The number of aromatic nitrogens is 1. The lowest BCUT2D eigenvalue weighted by Crippen LogP contribution is -2.47. The lowest BCUT2D eigenvalue weighted by atomic mass is 10.1. The van der Waals surface area contributed by atoms with Gasteiger partial charge in [-0.3, -0.25) is 9.59 Å². The summed E-state index contributed by atoms with van der Waals surface area (Å²) in [5.41, 5.74) is 1.13. The molecular weight excluding hydrogens is 457 g/mol. The van der Waals surface area contributed by atoms with Crippen LogP contribution in [0.5, 0.6) is 17.4 Å². The fourth-order valence-corrected chi connectivity index (χ4v) is 3.60. The van der Waals surface area contributed by atoms with E-state index in [1.807, 2.05) is 6.26 Å². The van der Waals surface area contributed by atoms with Gasteiger partial charge in [0.1, 0.15) is 23.4 Å². The first-order chi connectivity index (χ1) is 16.5. The van der Waals surface area contributed by atoms with Crippen molar-refractivity contribution < 1.29 is 23.5 Å². The van der Waals surface area contributed by atoms with Gasteiger partial charge in [0.25, 0.3) is 5.91 Å². The van der Waals surface area contributed by atoms with Crippen molar-refractivity contribution in [2.75, 3.05) is 19.1 Å². The standard InChI is InChI=1S/C25H26FN3O4S/c1-32-22-6-4-3-5-20(22)24(30)29-21(12-14-34-2)25(31)28-16-17-11-13-27-23(15-17)33-19-9-7-18(26)8-10-19/h3-11,13,15,21H,12,14,16H2,1-2H3,(H,28,31)(H,29,30). The van der Waals surface area contributed by atoms with Crippen LogP contribution in [0.1, 0.15) is 22.3 Å². The number of hydrogen-bond acceptors (Lipinski definition) is 6. The Labute approximate surface area is 202 Å². The van der Waals surface area contributed by atoms with E-state index >= 15 is 0 Å². The first kappa shape index (κ1) is 25.0. The van der Waals surface area contributed by atoms with Gasteiger partial charge in [0.2, 0.25) is 11.8 Å². The molecule has 2 amide bonds. The smallest absolute Gasteiger partial charge is 0.255 e. The largest absolute Gasteiger partial charge is 0.496 e. The van der Waals surface area contributed by atoms with Crippen LogP contribution in [0.15, 0.2) is 66.9 Å². The van der Waals surface area contributed by atoms with Gasteiger partial charge in [-0.25, -0.2) is 9.37 Å². The average Bonchev–Trinajstić information content (AvgIpc) is 2.86. The molecule has 1 unspecified atom stereocenters. The van der Waals surface area contributed by atoms with Gasteiger partial charge in [-0.15, -0.1) is 0 Å². The maximum absolute atomic E-state index is 13.1. The highest BCUT2D eigenvalue weighted by atomic mass is 32.2. The third-order valence-corrected chi connectivity index (χ3v) is 5.53. The van der Waals surface area contributed by atoms with Crippen molar-refractivity contribution in [3.8, 4) is 17.4 Å². The molecule has 9 heteroatoms. The number of ether oxygens (including phenoxy) is 2. The van der Waals surface area contributed by atoms with Crippen LogP contribution in [-0.4, -0.2) is 42.0 Å². The fourth-order valence-electron chi connectivity index (χ4n) is 3.12. The maximum atomic E-state index is 13.1. The Morgan fingerprint density at radius 3 is 2.62 bits per heavy atom. The number of carbonyl (C=O) groups is 2. The number of nitrogens with zero attached hydrogens (tertiary/aromatic N) is 1. The number of rotatable bonds is 11. The van der Waals surface area contributed by atoms with E-state index in [1.54, 1.807) is 54.4 Å². The molecule has 2 aromatic carbocycles. The van der Waals surface area contributed by atoms with Crippen molar-refractivity contribution in [3.63, 3.8) is 0 Å². The number of halogens is 1. The van der Waals surface area contributed by atoms with Gasteiger partial charge in [-0.2, -0.15) is 11.8 Å². The summed E-state index contributed by atoms with van der Waals surface area (Å²) in [6.07, 6.45) is 3.98. The monoisotopic (exact) mass is 483 g/mol. The minimum atomic E-state index is -0.707. The second kappa shape index (κ2) is 12.6. The molecular formula is C25H26FN3O4S. The van der Waals surface area contributed by atoms with Crippen LogP contribution in [0, 0.1) is 5.82 Å². The number of thioether (sulfide) groups is 1. The van der Waals surface area contributed by atoms with Crippen LogP contribution >= 0.6 is 11.8 Å². The summed E-state index contributed by atoms with van der Waals surface area (Å²) >= 11 is 1.59. The molecule has 34 heavy (non-hydrogen) atoms. The predicted octanol–water partition coefficient (Wildman–Crippen LogP) is 4.19. The van der Waals surface area contributed by atoms with Crippen LogP contribution in [-0.2, 0) is 11.3 Å². The van der Waals surface area contributed by atoms with Gasteiger partial charge >= 0.3 is 0 Å². The number of amides is 2. The molecule has 0 aliphatic carbocycles. The molecule has 1 aromatic heterocycles. The summed E-state index contributed by atoms with van der Waals surface area (Å²) in [7, 11) is 1.49. The Bertz CT molecular complexity index is 1110. The van der Waals surface area contributed by atoms with Gasteiger partial charge in [-0.05, 0) is 66.5 Å². The second-order valence-corrected chi connectivity index (χ2v) is 8.27. The normalized spacial score (nSPS) is 11.4. The first-order valence-corrected chi connectivity index (χ1v) is 12.0. The van der Waals surface area contributed by atoms with E-state index in [4.69, 9.17) is 9.47 Å². The minimum Gasteiger partial charge on any atom is -0.496 e. The SMILES string of the molecule is COc1ccccc1C(=O)NC(CCSC)C(=O)NCc1ccnc(Oc2ccc(F)cc2)c1. The zero-order valence-corrected chi connectivity index (χ0v) is 19.7. The van der Waals surface area contributed by atoms with Crippen LogP contribution in [0.4, 0.5) is 4.39 Å². The minimum absolute atomic E-state index is 0.224. The lowest BCUT2D eigenvalue weighted by Gasteiger charge is -2.19. The number of nitrogens with one attached hydrogen (secondary N) is 2. The zero-order chi connectivity index (χ0) is 24.3. The summed E-state index contributed by atoms with van der Waals surface area (Å²) in [6.45, 7) is 0.224. The molecule has 0 bridgehead atoms. The number of carbonyl (C=O) groups excluding carboxylic acids is 2. The van der Waals surface area contributed by atoms with E-state index in [0.29, 0.717) is 35.1 Å². The van der Waals surface area contributed by atoms with E-state index in [1.165, 1.54) is 31.4 Å². The quantitative estimate of drug-likeness (QED) is 0.425. The third-order valence-electron chi connectivity index (χ3n) is 4.89. The molecule has 0 saturated carbocycles. The molecule has 3 rings (SSSR count). The second-order valence-electron chi connectivity index (χ2n) is 7.28. The maximum Gasteiger partial charge on any atom is 0.255 e. The zero-order valence-electron chi connectivity index (χ0n) is 18.9. The van der Waals surface area contributed by atoms with Crippen LogP contribution in [0.25, 0.3) is 0 Å². The van der Waals surface area contributed by atoms with Crippen molar-refractivity contribution in [1.82, 2.24) is 15.6 Å². The Morgan fingerprint density at radius 2 is 1.88 bits per heavy atom. The van der Waals surface area contributed by atoms with Crippen LogP contribution in [0.2, 0.25) is 0 Å². The Balaban J connectivity index is 1.63. The first-order valence-electron chi connectivity index (χ1n) is 10.6. The highest BCUT2D eigenvalue weighted by Gasteiger charge is 2.22. The molecule has 0 aliphatic rings. The summed E-state index contributed by atoms with van der Waals surface area (Å²) in [5.74, 6) is 0.885. The van der Waals surface area contributed by atoms with Crippen molar-refractivity contribution in [2.45, 2.75) is 19.0 Å². The van der Waals surface area contributed by atoms with Crippen LogP contribution in [0.3, 0.4) is 0 Å². The van der Waals surface area contributed by atoms with Gasteiger partial charge in [-0.1, -0.05) is 12.1 Å². The highest BCUT2D eigenvalue weighted by molar-refractivity contribution is 7.98. The molecule has 2 N–H and O–H groups in total. The molecule has 0 aliphatic heterocycles. The van der Waals surface area contributed by atoms with E-state index in [9.17, 15) is 14.0 Å². The molecule has 0 spiro atoms. The topological polar surface area (TPSA) is 89.5 Å². The Kier molecular flexibility index (Phi) is 9.28. The number of methoxy groups -OCH3 is 1. The molecule has 0 radical (unpaired) electrons. The molecule has 7 nitrogen and oxygen atoms in total. The Hall–Kier alpha value is -3.59. The average molecular weight is 484 g/mol. The van der Waals surface area contributed by atoms with Crippen molar-refractivity contribution in [3.05, 3.63) is 83.8 Å². The summed E-state index contributed by atoms with van der Waals surface area (Å²) < 4.78 is 24.0. The van der Waals surface area contributed by atoms with Crippen LogP contribution < -0.4 is 20.1 Å². The van der Waals surface area contributed by atoms with Gasteiger partial charge in [0, 0.05) is 18.8 Å². The number of benzene rings is 2. The van der Waals surface area contributed by atoms with Crippen molar-refractivity contribution in [2.24, 2.45) is 0 Å². The fraction of sp³-hybridized carbons (Fsp3) is 0.240. The van der Waals surface area contributed by atoms with E-state index in [2.05, 4.69) is 15.6 Å². The summed E-state index contributed by atoms with van der Waals surface area (Å²) in [4.78, 5) is 29.8. The van der Waals surface area contributed by atoms with Gasteiger partial charge < -0.3 is 20.1 Å². The molecule has 0 fully saturated rings. The molecule has 1 atom stereocenters. The molecule has 1 heterocycles. The summed E-state index contributed by atoms with van der Waals surface area (Å²) in [5, 5.41) is 5.68. The molecule has 178 valence electrons.